The third kappa shape index (κ3) is 2.83. The molecule has 23 heavy (non-hydrogen) atoms. The van der Waals surface area contributed by atoms with Crippen molar-refractivity contribution >= 4 is 22.6 Å². The molecule has 0 radical (unpaired) electrons. The highest BCUT2D eigenvalue weighted by atomic mass is 16.4. The lowest BCUT2D eigenvalue weighted by Gasteiger charge is -2.32. The Balaban J connectivity index is 2.11. The van der Waals surface area contributed by atoms with Gasteiger partial charge in [0, 0.05) is 36.9 Å². The van der Waals surface area contributed by atoms with Gasteiger partial charge >= 0.3 is 5.97 Å². The zero-order valence-electron chi connectivity index (χ0n) is 13.6. The standard InChI is InChI=1S/C18H22N2O3/c1-3-19-11-15(18(22)23)17(21)14-5-4-13(10-16(14)19)20-8-6-12(2)7-9-20/h4-5,10-12H,3,6-9H2,1-2H3,(H,22,23). The zero-order valence-corrected chi connectivity index (χ0v) is 13.6. The first-order valence-corrected chi connectivity index (χ1v) is 8.16. The van der Waals surface area contributed by atoms with E-state index in [9.17, 15) is 14.7 Å². The Morgan fingerprint density at radius 1 is 1.30 bits per heavy atom. The van der Waals surface area contributed by atoms with E-state index < -0.39 is 11.4 Å². The van der Waals surface area contributed by atoms with Crippen molar-refractivity contribution in [2.75, 3.05) is 18.0 Å². The first-order chi connectivity index (χ1) is 11.0. The second kappa shape index (κ2) is 6.07. The Morgan fingerprint density at radius 3 is 2.61 bits per heavy atom. The van der Waals surface area contributed by atoms with Crippen LogP contribution in [0.3, 0.4) is 0 Å². The number of pyridine rings is 1. The molecule has 5 nitrogen and oxygen atoms in total. The predicted octanol–water partition coefficient (Wildman–Crippen LogP) is 2.96. The van der Waals surface area contributed by atoms with Crippen molar-refractivity contribution in [1.29, 1.82) is 0 Å². The Morgan fingerprint density at radius 2 is 2.00 bits per heavy atom. The second-order valence-electron chi connectivity index (χ2n) is 6.33. The van der Waals surface area contributed by atoms with E-state index in [-0.39, 0.29) is 5.56 Å². The summed E-state index contributed by atoms with van der Waals surface area (Å²) in [5.41, 5.74) is 1.34. The summed E-state index contributed by atoms with van der Waals surface area (Å²) < 4.78 is 1.84. The van der Waals surface area contributed by atoms with Gasteiger partial charge in [-0.05, 0) is 43.9 Å². The van der Waals surface area contributed by atoms with Crippen LogP contribution >= 0.6 is 0 Å². The van der Waals surface area contributed by atoms with Crippen LogP contribution in [-0.4, -0.2) is 28.7 Å². The summed E-state index contributed by atoms with van der Waals surface area (Å²) in [4.78, 5) is 26.0. The SMILES string of the molecule is CCn1cc(C(=O)O)c(=O)c2ccc(N3CCC(C)CC3)cc21. The number of benzene rings is 1. The lowest BCUT2D eigenvalue weighted by atomic mass is 9.98. The molecule has 122 valence electrons. The third-order valence-electron chi connectivity index (χ3n) is 4.78. The van der Waals surface area contributed by atoms with Crippen molar-refractivity contribution in [2.24, 2.45) is 5.92 Å². The van der Waals surface area contributed by atoms with E-state index in [1.54, 1.807) is 6.07 Å². The highest BCUT2D eigenvalue weighted by Gasteiger charge is 2.18. The summed E-state index contributed by atoms with van der Waals surface area (Å²) in [5.74, 6) is -0.410. The fraction of sp³-hybridized carbons (Fsp3) is 0.444. The molecule has 0 amide bonds. The molecule has 1 fully saturated rings. The molecule has 3 rings (SSSR count). The van der Waals surface area contributed by atoms with Crippen molar-refractivity contribution in [2.45, 2.75) is 33.2 Å². The molecule has 5 heteroatoms. The number of aromatic carboxylic acids is 1. The number of fused-ring (bicyclic) bond motifs is 1. The number of aryl methyl sites for hydroxylation is 1. The highest BCUT2D eigenvalue weighted by molar-refractivity contribution is 5.93. The fourth-order valence-corrected chi connectivity index (χ4v) is 3.26. The van der Waals surface area contributed by atoms with Crippen LogP contribution in [0.25, 0.3) is 10.9 Å². The van der Waals surface area contributed by atoms with E-state index >= 15 is 0 Å². The molecule has 1 saturated heterocycles. The van der Waals surface area contributed by atoms with Crippen molar-refractivity contribution < 1.29 is 9.90 Å². The van der Waals surface area contributed by atoms with Gasteiger partial charge < -0.3 is 14.6 Å². The van der Waals surface area contributed by atoms with Crippen LogP contribution < -0.4 is 10.3 Å². The van der Waals surface area contributed by atoms with Gasteiger partial charge in [-0.1, -0.05) is 6.92 Å². The maximum atomic E-state index is 12.4. The molecule has 1 N–H and O–H groups in total. The Labute approximate surface area is 135 Å². The van der Waals surface area contributed by atoms with Gasteiger partial charge in [-0.25, -0.2) is 4.79 Å². The molecule has 0 unspecified atom stereocenters. The fourth-order valence-electron chi connectivity index (χ4n) is 3.26. The average molecular weight is 314 g/mol. The van der Waals surface area contributed by atoms with Gasteiger partial charge in [0.25, 0.3) is 0 Å². The quantitative estimate of drug-likeness (QED) is 0.946. The van der Waals surface area contributed by atoms with E-state index in [0.717, 1.165) is 30.2 Å². The van der Waals surface area contributed by atoms with Crippen LogP contribution in [0.2, 0.25) is 0 Å². The van der Waals surface area contributed by atoms with Crippen LogP contribution in [0.4, 0.5) is 5.69 Å². The Hall–Kier alpha value is -2.30. The molecule has 0 bridgehead atoms. The van der Waals surface area contributed by atoms with Gasteiger partial charge in [-0.2, -0.15) is 0 Å². The van der Waals surface area contributed by atoms with Crippen LogP contribution in [-0.2, 0) is 6.54 Å². The summed E-state index contributed by atoms with van der Waals surface area (Å²) in [6.45, 7) is 6.90. The molecule has 1 aromatic carbocycles. The largest absolute Gasteiger partial charge is 0.477 e. The van der Waals surface area contributed by atoms with Crippen molar-refractivity contribution in [3.05, 3.63) is 40.2 Å². The molecule has 2 heterocycles. The minimum absolute atomic E-state index is 0.168. The normalized spacial score (nSPS) is 16.0. The number of nitrogens with zero attached hydrogens (tertiary/aromatic N) is 2. The molecule has 1 aromatic heterocycles. The summed E-state index contributed by atoms with van der Waals surface area (Å²) in [5, 5.41) is 9.68. The van der Waals surface area contributed by atoms with E-state index in [2.05, 4.69) is 11.8 Å². The number of anilines is 1. The zero-order chi connectivity index (χ0) is 16.6. The van der Waals surface area contributed by atoms with E-state index in [1.165, 1.54) is 19.0 Å². The molecule has 0 spiro atoms. The lowest BCUT2D eigenvalue weighted by Crippen LogP contribution is -2.32. The van der Waals surface area contributed by atoms with Gasteiger partial charge in [0.1, 0.15) is 5.56 Å². The van der Waals surface area contributed by atoms with Gasteiger partial charge in [0.05, 0.1) is 5.52 Å². The molecule has 1 aliphatic heterocycles. The third-order valence-corrected chi connectivity index (χ3v) is 4.78. The van der Waals surface area contributed by atoms with Gasteiger partial charge in [0.15, 0.2) is 0 Å². The molecule has 1 aliphatic rings. The van der Waals surface area contributed by atoms with Gasteiger partial charge in [-0.3, -0.25) is 4.79 Å². The number of piperidine rings is 1. The van der Waals surface area contributed by atoms with Crippen LogP contribution in [0.1, 0.15) is 37.0 Å². The molecule has 0 saturated carbocycles. The molecule has 0 atom stereocenters. The topological polar surface area (TPSA) is 62.5 Å². The number of rotatable bonds is 3. The summed E-state index contributed by atoms with van der Waals surface area (Å²) in [7, 11) is 0. The number of hydrogen-bond acceptors (Lipinski definition) is 3. The number of carboxylic acid groups (broad SMARTS) is 1. The number of hydrogen-bond donors (Lipinski definition) is 1. The van der Waals surface area contributed by atoms with E-state index in [4.69, 9.17) is 0 Å². The van der Waals surface area contributed by atoms with Crippen molar-refractivity contribution in [3.63, 3.8) is 0 Å². The monoisotopic (exact) mass is 314 g/mol. The number of carbonyl (C=O) groups is 1. The first kappa shape index (κ1) is 15.6. The van der Waals surface area contributed by atoms with E-state index in [0.29, 0.717) is 11.9 Å². The van der Waals surface area contributed by atoms with Crippen LogP contribution in [0.15, 0.2) is 29.2 Å². The summed E-state index contributed by atoms with van der Waals surface area (Å²) >= 11 is 0. The van der Waals surface area contributed by atoms with Crippen LogP contribution in [0, 0.1) is 5.92 Å². The smallest absolute Gasteiger partial charge is 0.341 e. The molecular weight excluding hydrogens is 292 g/mol. The Bertz CT molecular complexity index is 802. The average Bonchev–Trinajstić information content (AvgIpc) is 2.55. The lowest BCUT2D eigenvalue weighted by molar-refractivity contribution is 0.0695. The minimum Gasteiger partial charge on any atom is -0.477 e. The van der Waals surface area contributed by atoms with Gasteiger partial charge in [-0.15, -0.1) is 0 Å². The number of aromatic nitrogens is 1. The minimum atomic E-state index is -1.17. The van der Waals surface area contributed by atoms with Gasteiger partial charge in [0.2, 0.25) is 5.43 Å². The summed E-state index contributed by atoms with van der Waals surface area (Å²) in [6.07, 6.45) is 3.81. The second-order valence-corrected chi connectivity index (χ2v) is 6.33. The highest BCUT2D eigenvalue weighted by Crippen LogP contribution is 2.26. The predicted molar refractivity (Wildman–Crippen MR) is 91.5 cm³/mol. The maximum Gasteiger partial charge on any atom is 0.341 e. The Kier molecular flexibility index (Phi) is 4.11. The maximum absolute atomic E-state index is 12.4. The molecule has 2 aromatic rings. The van der Waals surface area contributed by atoms with Crippen molar-refractivity contribution in [1.82, 2.24) is 4.57 Å². The molecular formula is C18H22N2O3. The summed E-state index contributed by atoms with van der Waals surface area (Å²) in [6, 6.07) is 5.72. The molecule has 0 aliphatic carbocycles. The van der Waals surface area contributed by atoms with Crippen molar-refractivity contribution in [3.8, 4) is 0 Å². The number of carboxylic acids is 1. The first-order valence-electron chi connectivity index (χ1n) is 8.16. The van der Waals surface area contributed by atoms with Crippen LogP contribution in [0.5, 0.6) is 0 Å². The van der Waals surface area contributed by atoms with E-state index in [1.807, 2.05) is 23.6 Å².